The van der Waals surface area contributed by atoms with Crippen LogP contribution in [0.15, 0.2) is 36.6 Å². The molecular weight excluding hydrogens is 193 g/mol. The summed E-state index contributed by atoms with van der Waals surface area (Å²) in [7, 11) is 0. The molecule has 0 atom stereocenters. The number of hydrogen-bond acceptors (Lipinski definition) is 1. The van der Waals surface area contributed by atoms with Crippen molar-refractivity contribution in [2.24, 2.45) is 0 Å². The molecule has 0 aliphatic heterocycles. The summed E-state index contributed by atoms with van der Waals surface area (Å²) in [6, 6.07) is 0. The van der Waals surface area contributed by atoms with E-state index in [9.17, 15) is 13.2 Å². The van der Waals surface area contributed by atoms with E-state index in [4.69, 9.17) is 4.74 Å². The van der Waals surface area contributed by atoms with Gasteiger partial charge in [0.15, 0.2) is 0 Å². The number of hydrogen-bond donors (Lipinski definition) is 0. The Morgan fingerprint density at radius 1 is 1.29 bits per heavy atom. The van der Waals surface area contributed by atoms with Gasteiger partial charge in [0.25, 0.3) is 0 Å². The first-order valence-electron chi connectivity index (χ1n) is 4.03. The van der Waals surface area contributed by atoms with Crippen LogP contribution in [-0.2, 0) is 4.74 Å². The van der Waals surface area contributed by atoms with Crippen LogP contribution in [0.1, 0.15) is 13.3 Å². The molecule has 0 bridgehead atoms. The third-order valence-electron chi connectivity index (χ3n) is 1.23. The lowest BCUT2D eigenvalue weighted by molar-refractivity contribution is -0.142. The van der Waals surface area contributed by atoms with Crippen molar-refractivity contribution in [1.29, 1.82) is 0 Å². The van der Waals surface area contributed by atoms with E-state index >= 15 is 0 Å². The summed E-state index contributed by atoms with van der Waals surface area (Å²) in [5.74, 6) is 0.206. The maximum absolute atomic E-state index is 11.7. The summed E-state index contributed by atoms with van der Waals surface area (Å²) in [6.07, 6.45) is -2.04. The third-order valence-corrected chi connectivity index (χ3v) is 1.23. The molecule has 0 N–H and O–H groups in total. The maximum atomic E-state index is 11.7. The van der Waals surface area contributed by atoms with E-state index < -0.39 is 19.2 Å². The molecule has 0 rings (SSSR count). The lowest BCUT2D eigenvalue weighted by Gasteiger charge is -2.07. The van der Waals surface area contributed by atoms with Crippen molar-refractivity contribution in [2.45, 2.75) is 19.5 Å². The Bertz CT molecular complexity index is 238. The first-order chi connectivity index (χ1) is 6.31. The van der Waals surface area contributed by atoms with Gasteiger partial charge in [-0.2, -0.15) is 13.2 Å². The van der Waals surface area contributed by atoms with Gasteiger partial charge in [-0.3, -0.25) is 0 Å². The molecule has 0 fully saturated rings. The predicted molar refractivity (Wildman–Crippen MR) is 49.7 cm³/mol. The summed E-state index contributed by atoms with van der Waals surface area (Å²) in [5.41, 5.74) is 0.783. The minimum Gasteiger partial charge on any atom is -0.494 e. The van der Waals surface area contributed by atoms with Crippen LogP contribution in [0.2, 0.25) is 0 Å². The number of alkyl halides is 3. The fourth-order valence-corrected chi connectivity index (χ4v) is 0.581. The highest BCUT2D eigenvalue weighted by Crippen LogP contribution is 2.19. The summed E-state index contributed by atoms with van der Waals surface area (Å²) in [4.78, 5) is 0. The third kappa shape index (κ3) is 8.90. The van der Waals surface area contributed by atoms with Crippen LogP contribution in [0.3, 0.4) is 0 Å². The van der Waals surface area contributed by atoms with E-state index in [-0.39, 0.29) is 5.76 Å². The standard InChI is InChI=1S/C10H13F3O/c1-8(2)4-5-9(3)14-7-6-10(11,12)13/h4-5H,1,3,6-7H2,2H3/b5-4-. The van der Waals surface area contributed by atoms with Gasteiger partial charge in [-0.05, 0) is 13.0 Å². The minimum absolute atomic E-state index is 0.206. The molecule has 0 saturated heterocycles. The molecule has 80 valence electrons. The first-order valence-corrected chi connectivity index (χ1v) is 4.03. The first kappa shape index (κ1) is 12.8. The summed E-state index contributed by atoms with van der Waals surface area (Å²) < 4.78 is 39.8. The van der Waals surface area contributed by atoms with Crippen molar-refractivity contribution in [3.05, 3.63) is 36.6 Å². The van der Waals surface area contributed by atoms with Crippen molar-refractivity contribution in [1.82, 2.24) is 0 Å². The average Bonchev–Trinajstić information content (AvgIpc) is 1.98. The summed E-state index contributed by atoms with van der Waals surface area (Å²) >= 11 is 0. The molecule has 0 unspecified atom stereocenters. The second-order valence-electron chi connectivity index (χ2n) is 2.86. The molecule has 4 heteroatoms. The van der Waals surface area contributed by atoms with Gasteiger partial charge in [-0.25, -0.2) is 0 Å². The Kier molecular flexibility index (Phi) is 5.05. The summed E-state index contributed by atoms with van der Waals surface area (Å²) in [5, 5.41) is 0. The molecule has 0 saturated carbocycles. The van der Waals surface area contributed by atoms with Crippen LogP contribution in [-0.4, -0.2) is 12.8 Å². The Balaban J connectivity index is 3.71. The fourth-order valence-electron chi connectivity index (χ4n) is 0.581. The highest BCUT2D eigenvalue weighted by atomic mass is 19.4. The van der Waals surface area contributed by atoms with Gasteiger partial charge in [-0.15, -0.1) is 0 Å². The second kappa shape index (κ2) is 5.52. The minimum atomic E-state index is -4.18. The van der Waals surface area contributed by atoms with E-state index in [1.54, 1.807) is 13.0 Å². The van der Waals surface area contributed by atoms with Crippen molar-refractivity contribution >= 4 is 0 Å². The monoisotopic (exact) mass is 206 g/mol. The van der Waals surface area contributed by atoms with Crippen LogP contribution in [0.5, 0.6) is 0 Å². The SMILES string of the molecule is C=C(C)/C=C\C(=C)OCCC(F)(F)F. The zero-order valence-corrected chi connectivity index (χ0v) is 8.03. The molecule has 0 heterocycles. The number of halogens is 3. The number of allylic oxidation sites excluding steroid dienone is 3. The lowest BCUT2D eigenvalue weighted by atomic mass is 10.3. The molecule has 0 aromatic heterocycles. The average molecular weight is 206 g/mol. The van der Waals surface area contributed by atoms with Crippen LogP contribution >= 0.6 is 0 Å². The fraction of sp³-hybridized carbons (Fsp3) is 0.400. The predicted octanol–water partition coefficient (Wildman–Crippen LogP) is 3.60. The van der Waals surface area contributed by atoms with Gasteiger partial charge in [0.05, 0.1) is 13.0 Å². The molecule has 1 nitrogen and oxygen atoms in total. The van der Waals surface area contributed by atoms with Crippen LogP contribution in [0, 0.1) is 0 Å². The molecule has 14 heavy (non-hydrogen) atoms. The summed E-state index contributed by atoms with van der Waals surface area (Å²) in [6.45, 7) is 8.38. The topological polar surface area (TPSA) is 9.23 Å². The molecule has 0 radical (unpaired) electrons. The van der Waals surface area contributed by atoms with E-state index in [0.717, 1.165) is 5.57 Å². The normalized spacial score (nSPS) is 11.7. The highest BCUT2D eigenvalue weighted by Gasteiger charge is 2.26. The Hall–Kier alpha value is -1.19. The Morgan fingerprint density at radius 2 is 1.86 bits per heavy atom. The second-order valence-corrected chi connectivity index (χ2v) is 2.86. The largest absolute Gasteiger partial charge is 0.494 e. The molecule has 0 spiro atoms. The van der Waals surface area contributed by atoms with Crippen molar-refractivity contribution < 1.29 is 17.9 Å². The molecular formula is C10H13F3O. The molecule has 0 aliphatic rings. The van der Waals surface area contributed by atoms with E-state index in [2.05, 4.69) is 13.2 Å². The van der Waals surface area contributed by atoms with Crippen molar-refractivity contribution in [3.8, 4) is 0 Å². The molecule has 0 aromatic carbocycles. The van der Waals surface area contributed by atoms with Gasteiger partial charge >= 0.3 is 6.18 Å². The van der Waals surface area contributed by atoms with Crippen molar-refractivity contribution in [2.75, 3.05) is 6.61 Å². The van der Waals surface area contributed by atoms with Gasteiger partial charge in [0, 0.05) is 0 Å². The van der Waals surface area contributed by atoms with E-state index in [1.165, 1.54) is 6.08 Å². The zero-order valence-electron chi connectivity index (χ0n) is 8.03. The lowest BCUT2D eigenvalue weighted by Crippen LogP contribution is -2.10. The highest BCUT2D eigenvalue weighted by molar-refractivity contribution is 5.19. The number of rotatable bonds is 5. The smallest absolute Gasteiger partial charge is 0.392 e. The van der Waals surface area contributed by atoms with Crippen LogP contribution in [0.4, 0.5) is 13.2 Å². The van der Waals surface area contributed by atoms with E-state index in [1.807, 2.05) is 0 Å². The Morgan fingerprint density at radius 3 is 2.29 bits per heavy atom. The van der Waals surface area contributed by atoms with Gasteiger partial charge in [0.2, 0.25) is 0 Å². The maximum Gasteiger partial charge on any atom is 0.392 e. The van der Waals surface area contributed by atoms with Gasteiger partial charge < -0.3 is 4.74 Å². The Labute approximate surface area is 81.6 Å². The van der Waals surface area contributed by atoms with Crippen LogP contribution < -0.4 is 0 Å². The van der Waals surface area contributed by atoms with Gasteiger partial charge in [0.1, 0.15) is 5.76 Å². The molecule has 0 amide bonds. The zero-order chi connectivity index (χ0) is 11.2. The molecule has 0 aromatic rings. The van der Waals surface area contributed by atoms with E-state index in [0.29, 0.717) is 0 Å². The van der Waals surface area contributed by atoms with Crippen molar-refractivity contribution in [3.63, 3.8) is 0 Å². The van der Waals surface area contributed by atoms with Gasteiger partial charge in [-0.1, -0.05) is 24.8 Å². The number of ether oxygens (including phenoxy) is 1. The van der Waals surface area contributed by atoms with Crippen LogP contribution in [0.25, 0.3) is 0 Å². The molecule has 0 aliphatic carbocycles. The quantitative estimate of drug-likeness (QED) is 0.493.